The Hall–Kier alpha value is -4.17. The first-order valence-corrected chi connectivity index (χ1v) is 11.4. The second-order valence-corrected chi connectivity index (χ2v) is 8.31. The van der Waals surface area contributed by atoms with Crippen LogP contribution in [0.1, 0.15) is 29.5 Å². The van der Waals surface area contributed by atoms with E-state index in [0.717, 1.165) is 22.3 Å². The highest BCUT2D eigenvalue weighted by Crippen LogP contribution is 2.24. The minimum atomic E-state index is -0.217. The van der Waals surface area contributed by atoms with E-state index in [-0.39, 0.29) is 24.4 Å². The van der Waals surface area contributed by atoms with Crippen molar-refractivity contribution in [3.63, 3.8) is 0 Å². The SMILES string of the molecule is N#Cc1ccccc1-c1ccc(COC(=O)C2CCN(C(=O)/C=C/c3ccccc3)CC2)cc1. The van der Waals surface area contributed by atoms with Gasteiger partial charge in [0.1, 0.15) is 6.61 Å². The minimum absolute atomic E-state index is 0.0336. The summed E-state index contributed by atoms with van der Waals surface area (Å²) in [7, 11) is 0. The molecule has 3 aromatic rings. The maximum Gasteiger partial charge on any atom is 0.309 e. The molecule has 4 rings (SSSR count). The molecular weight excluding hydrogens is 424 g/mol. The van der Waals surface area contributed by atoms with Gasteiger partial charge in [0.15, 0.2) is 0 Å². The lowest BCUT2D eigenvalue weighted by atomic mass is 9.97. The van der Waals surface area contributed by atoms with E-state index in [9.17, 15) is 14.9 Å². The van der Waals surface area contributed by atoms with Gasteiger partial charge in [0.05, 0.1) is 17.6 Å². The molecule has 3 aromatic carbocycles. The lowest BCUT2D eigenvalue weighted by Gasteiger charge is -2.30. The molecule has 0 N–H and O–H groups in total. The maximum absolute atomic E-state index is 12.6. The summed E-state index contributed by atoms with van der Waals surface area (Å²) in [5.41, 5.74) is 4.34. The number of benzene rings is 3. The molecule has 170 valence electrons. The smallest absolute Gasteiger partial charge is 0.309 e. The highest BCUT2D eigenvalue weighted by atomic mass is 16.5. The molecule has 0 spiro atoms. The zero-order chi connectivity index (χ0) is 23.8. The lowest BCUT2D eigenvalue weighted by Crippen LogP contribution is -2.39. The van der Waals surface area contributed by atoms with Gasteiger partial charge in [-0.2, -0.15) is 5.26 Å². The van der Waals surface area contributed by atoms with Crippen molar-refractivity contribution < 1.29 is 14.3 Å². The Labute approximate surface area is 199 Å². The van der Waals surface area contributed by atoms with Crippen LogP contribution >= 0.6 is 0 Å². The van der Waals surface area contributed by atoms with E-state index in [1.165, 1.54) is 0 Å². The van der Waals surface area contributed by atoms with Crippen LogP contribution in [0.5, 0.6) is 0 Å². The lowest BCUT2D eigenvalue weighted by molar-refractivity contribution is -0.152. The molecule has 5 heteroatoms. The number of piperidine rings is 1. The minimum Gasteiger partial charge on any atom is -0.461 e. The zero-order valence-corrected chi connectivity index (χ0v) is 18.9. The molecule has 0 radical (unpaired) electrons. The van der Waals surface area contributed by atoms with Crippen LogP contribution in [-0.2, 0) is 20.9 Å². The number of hydrogen-bond donors (Lipinski definition) is 0. The standard InChI is InChI=1S/C29H26N2O3/c30-20-26-8-4-5-9-27(26)24-13-10-23(11-14-24)21-34-29(33)25-16-18-31(19-17-25)28(32)15-12-22-6-2-1-3-7-22/h1-15,25H,16-19,21H2/b15-12+. The molecule has 1 fully saturated rings. The van der Waals surface area contributed by atoms with E-state index >= 15 is 0 Å². The summed E-state index contributed by atoms with van der Waals surface area (Å²) in [5.74, 6) is -0.441. The van der Waals surface area contributed by atoms with Crippen molar-refractivity contribution in [2.75, 3.05) is 13.1 Å². The normalized spacial score (nSPS) is 14.0. The number of carbonyl (C=O) groups is 2. The van der Waals surface area contributed by atoms with Crippen LogP contribution in [0, 0.1) is 17.2 Å². The first-order valence-electron chi connectivity index (χ1n) is 11.4. The molecule has 1 aliphatic heterocycles. The quantitative estimate of drug-likeness (QED) is 0.381. The van der Waals surface area contributed by atoms with E-state index in [2.05, 4.69) is 6.07 Å². The maximum atomic E-state index is 12.6. The number of likely N-dealkylation sites (tertiary alicyclic amines) is 1. The van der Waals surface area contributed by atoms with Crippen molar-refractivity contribution in [2.45, 2.75) is 19.4 Å². The monoisotopic (exact) mass is 450 g/mol. The molecule has 0 bridgehead atoms. The van der Waals surface area contributed by atoms with Crippen molar-refractivity contribution >= 4 is 18.0 Å². The summed E-state index contributed by atoms with van der Waals surface area (Å²) in [6.45, 7) is 1.30. The van der Waals surface area contributed by atoms with Gasteiger partial charge in [-0.05, 0) is 47.2 Å². The fraction of sp³-hybridized carbons (Fsp3) is 0.207. The average molecular weight is 451 g/mol. The zero-order valence-electron chi connectivity index (χ0n) is 18.9. The third-order valence-corrected chi connectivity index (χ3v) is 6.05. The highest BCUT2D eigenvalue weighted by molar-refractivity contribution is 5.92. The Bertz CT molecular complexity index is 1200. The Kier molecular flexibility index (Phi) is 7.52. The molecule has 0 aromatic heterocycles. The molecule has 0 saturated carbocycles. The molecule has 1 heterocycles. The van der Waals surface area contributed by atoms with Gasteiger partial charge in [-0.15, -0.1) is 0 Å². The molecule has 0 aliphatic carbocycles. The third-order valence-electron chi connectivity index (χ3n) is 6.05. The summed E-state index contributed by atoms with van der Waals surface area (Å²) in [4.78, 5) is 26.8. The molecule has 5 nitrogen and oxygen atoms in total. The second kappa shape index (κ2) is 11.1. The molecule has 0 atom stereocenters. The predicted octanol–water partition coefficient (Wildman–Crippen LogP) is 5.22. The summed E-state index contributed by atoms with van der Waals surface area (Å²) in [6, 6.07) is 27.1. The number of nitrogens with zero attached hydrogens (tertiary/aromatic N) is 2. The number of nitriles is 1. The Balaban J connectivity index is 1.25. The van der Waals surface area contributed by atoms with Crippen molar-refractivity contribution in [3.8, 4) is 17.2 Å². The van der Waals surface area contributed by atoms with Crippen molar-refractivity contribution in [3.05, 3.63) is 102 Å². The first-order chi connectivity index (χ1) is 16.6. The molecule has 1 aliphatic rings. The van der Waals surface area contributed by atoms with Gasteiger partial charge < -0.3 is 9.64 Å². The summed E-state index contributed by atoms with van der Waals surface area (Å²) < 4.78 is 5.55. The molecule has 0 unspecified atom stereocenters. The Morgan fingerprint density at radius 1 is 0.941 bits per heavy atom. The number of carbonyl (C=O) groups excluding carboxylic acids is 2. The summed E-state index contributed by atoms with van der Waals surface area (Å²) >= 11 is 0. The van der Waals surface area contributed by atoms with E-state index in [0.29, 0.717) is 31.5 Å². The van der Waals surface area contributed by atoms with Crippen LogP contribution in [0.25, 0.3) is 17.2 Å². The average Bonchev–Trinajstić information content (AvgIpc) is 2.91. The Morgan fingerprint density at radius 3 is 2.32 bits per heavy atom. The van der Waals surface area contributed by atoms with E-state index < -0.39 is 0 Å². The van der Waals surface area contributed by atoms with Crippen molar-refractivity contribution in [1.82, 2.24) is 4.90 Å². The van der Waals surface area contributed by atoms with E-state index in [1.807, 2.05) is 78.9 Å². The number of hydrogen-bond acceptors (Lipinski definition) is 4. The van der Waals surface area contributed by atoms with Crippen LogP contribution in [0.2, 0.25) is 0 Å². The van der Waals surface area contributed by atoms with Gasteiger partial charge in [0.25, 0.3) is 0 Å². The van der Waals surface area contributed by atoms with Gasteiger partial charge in [0, 0.05) is 19.2 Å². The van der Waals surface area contributed by atoms with Gasteiger partial charge in [-0.3, -0.25) is 9.59 Å². The first kappa shape index (κ1) is 23.0. The van der Waals surface area contributed by atoms with Gasteiger partial charge in [0.2, 0.25) is 5.91 Å². The number of esters is 1. The van der Waals surface area contributed by atoms with Crippen LogP contribution < -0.4 is 0 Å². The fourth-order valence-corrected chi connectivity index (χ4v) is 4.06. The van der Waals surface area contributed by atoms with Crippen molar-refractivity contribution in [1.29, 1.82) is 5.26 Å². The number of amides is 1. The molecular formula is C29H26N2O3. The fourth-order valence-electron chi connectivity index (χ4n) is 4.06. The number of rotatable bonds is 6. The van der Waals surface area contributed by atoms with Crippen LogP contribution in [0.15, 0.2) is 84.9 Å². The van der Waals surface area contributed by atoms with Gasteiger partial charge in [-0.1, -0.05) is 72.8 Å². The van der Waals surface area contributed by atoms with Gasteiger partial charge >= 0.3 is 5.97 Å². The number of ether oxygens (including phenoxy) is 1. The van der Waals surface area contributed by atoms with E-state index in [1.54, 1.807) is 17.0 Å². The largest absolute Gasteiger partial charge is 0.461 e. The van der Waals surface area contributed by atoms with E-state index in [4.69, 9.17) is 4.74 Å². The molecule has 34 heavy (non-hydrogen) atoms. The summed E-state index contributed by atoms with van der Waals surface area (Å²) in [5, 5.41) is 9.29. The molecule has 1 amide bonds. The highest BCUT2D eigenvalue weighted by Gasteiger charge is 2.27. The molecule has 1 saturated heterocycles. The third kappa shape index (κ3) is 5.79. The van der Waals surface area contributed by atoms with Crippen LogP contribution in [-0.4, -0.2) is 29.9 Å². The summed E-state index contributed by atoms with van der Waals surface area (Å²) in [6.07, 6.45) is 4.61. The predicted molar refractivity (Wildman–Crippen MR) is 131 cm³/mol. The van der Waals surface area contributed by atoms with Crippen molar-refractivity contribution in [2.24, 2.45) is 5.92 Å². The second-order valence-electron chi connectivity index (χ2n) is 8.31. The van der Waals surface area contributed by atoms with Gasteiger partial charge in [-0.25, -0.2) is 0 Å². The van der Waals surface area contributed by atoms with Crippen LogP contribution in [0.3, 0.4) is 0 Å². The Morgan fingerprint density at radius 2 is 1.62 bits per heavy atom. The topological polar surface area (TPSA) is 70.4 Å². The van der Waals surface area contributed by atoms with Crippen LogP contribution in [0.4, 0.5) is 0 Å².